The predicted molar refractivity (Wildman–Crippen MR) is 130 cm³/mol. The fraction of sp³-hybridized carbons (Fsp3) is 0.111. The second kappa shape index (κ2) is 10.1. The van der Waals surface area contributed by atoms with E-state index in [0.717, 1.165) is 22.0 Å². The normalized spacial score (nSPS) is 11.7. The first-order chi connectivity index (χ1) is 15.6. The van der Waals surface area contributed by atoms with E-state index in [1.165, 1.54) is 0 Å². The van der Waals surface area contributed by atoms with Gasteiger partial charge in [-0.15, -0.1) is 0 Å². The van der Waals surface area contributed by atoms with Gasteiger partial charge in [-0.2, -0.15) is 0 Å². The summed E-state index contributed by atoms with van der Waals surface area (Å²) in [4.78, 5) is 26.3. The lowest BCUT2D eigenvalue weighted by Crippen LogP contribution is -2.44. The Balaban J connectivity index is 1.55. The van der Waals surface area contributed by atoms with Gasteiger partial charge < -0.3 is 10.6 Å². The molecule has 0 aliphatic carbocycles. The van der Waals surface area contributed by atoms with Crippen LogP contribution in [0.2, 0.25) is 5.02 Å². The molecule has 160 valence electrons. The molecular formula is C27H23ClN2O2. The molecule has 0 unspecified atom stereocenters. The van der Waals surface area contributed by atoms with Crippen LogP contribution in [0.5, 0.6) is 0 Å². The van der Waals surface area contributed by atoms with Crippen molar-refractivity contribution in [1.29, 1.82) is 0 Å². The van der Waals surface area contributed by atoms with Crippen LogP contribution in [0.3, 0.4) is 0 Å². The van der Waals surface area contributed by atoms with Crippen molar-refractivity contribution in [3.63, 3.8) is 0 Å². The molecule has 4 aromatic rings. The van der Waals surface area contributed by atoms with E-state index in [2.05, 4.69) is 10.6 Å². The van der Waals surface area contributed by atoms with E-state index < -0.39 is 6.04 Å². The van der Waals surface area contributed by atoms with Crippen molar-refractivity contribution in [2.45, 2.75) is 12.5 Å². The topological polar surface area (TPSA) is 58.2 Å². The summed E-state index contributed by atoms with van der Waals surface area (Å²) < 4.78 is 0. The van der Waals surface area contributed by atoms with Gasteiger partial charge >= 0.3 is 0 Å². The number of ketones is 1. The third-order valence-electron chi connectivity index (χ3n) is 5.32. The van der Waals surface area contributed by atoms with Crippen molar-refractivity contribution in [1.82, 2.24) is 5.32 Å². The summed E-state index contributed by atoms with van der Waals surface area (Å²) >= 11 is 6.00. The summed E-state index contributed by atoms with van der Waals surface area (Å²) in [6.45, 7) is 0.109. The summed E-state index contributed by atoms with van der Waals surface area (Å²) in [5, 5.41) is 8.56. The molecule has 4 rings (SSSR count). The third kappa shape index (κ3) is 5.34. The average Bonchev–Trinajstić information content (AvgIpc) is 2.83. The van der Waals surface area contributed by atoms with Gasteiger partial charge in [-0.3, -0.25) is 9.59 Å². The number of benzene rings is 4. The number of halogens is 1. The van der Waals surface area contributed by atoms with E-state index in [9.17, 15) is 9.59 Å². The summed E-state index contributed by atoms with van der Waals surface area (Å²) in [5.74, 6) is -0.369. The number of anilines is 1. The second-order valence-electron chi connectivity index (χ2n) is 7.57. The molecule has 0 aliphatic heterocycles. The van der Waals surface area contributed by atoms with E-state index in [0.29, 0.717) is 17.0 Å². The monoisotopic (exact) mass is 442 g/mol. The Morgan fingerprint density at radius 1 is 0.781 bits per heavy atom. The van der Waals surface area contributed by atoms with E-state index >= 15 is 0 Å². The summed E-state index contributed by atoms with van der Waals surface area (Å²) in [5.41, 5.74) is 2.32. The molecule has 4 nitrogen and oxygen atoms in total. The molecule has 0 radical (unpaired) electrons. The van der Waals surface area contributed by atoms with Crippen LogP contribution in [0.4, 0.5) is 5.69 Å². The second-order valence-corrected chi connectivity index (χ2v) is 8.01. The Hall–Kier alpha value is -3.63. The Morgan fingerprint density at radius 3 is 2.25 bits per heavy atom. The number of fused-ring (bicyclic) bond motifs is 1. The van der Waals surface area contributed by atoms with Crippen molar-refractivity contribution < 1.29 is 9.59 Å². The molecule has 2 N–H and O–H groups in total. The number of hydrogen-bond acceptors (Lipinski definition) is 3. The first-order valence-corrected chi connectivity index (χ1v) is 10.8. The van der Waals surface area contributed by atoms with Gasteiger partial charge in [0.1, 0.15) is 0 Å². The van der Waals surface area contributed by atoms with E-state index in [-0.39, 0.29) is 18.2 Å². The Morgan fingerprint density at radius 2 is 1.47 bits per heavy atom. The average molecular weight is 443 g/mol. The Labute approximate surface area is 192 Å². The zero-order valence-electron chi connectivity index (χ0n) is 17.4. The molecular weight excluding hydrogens is 420 g/mol. The number of para-hydroxylation sites is 1. The summed E-state index contributed by atoms with van der Waals surface area (Å²) in [6.07, 6.45) is 0.378. The minimum atomic E-state index is -0.682. The summed E-state index contributed by atoms with van der Waals surface area (Å²) in [6, 6.07) is 29.5. The highest BCUT2D eigenvalue weighted by atomic mass is 35.5. The Bertz CT molecular complexity index is 1220. The van der Waals surface area contributed by atoms with Crippen LogP contribution in [0.25, 0.3) is 10.8 Å². The number of rotatable bonds is 8. The van der Waals surface area contributed by atoms with Crippen molar-refractivity contribution in [3.8, 4) is 0 Å². The molecule has 0 bridgehead atoms. The van der Waals surface area contributed by atoms with Crippen molar-refractivity contribution >= 4 is 39.8 Å². The first kappa shape index (κ1) is 21.6. The minimum absolute atomic E-state index is 0.0996. The molecule has 5 heteroatoms. The number of hydrogen-bond donors (Lipinski definition) is 2. The summed E-state index contributed by atoms with van der Waals surface area (Å²) in [7, 11) is 0. The predicted octanol–water partition coefficient (Wildman–Crippen LogP) is 5.52. The molecule has 0 aliphatic rings. The van der Waals surface area contributed by atoms with E-state index in [1.54, 1.807) is 18.2 Å². The maximum absolute atomic E-state index is 13.2. The quantitative estimate of drug-likeness (QED) is 0.378. The zero-order chi connectivity index (χ0) is 22.3. The van der Waals surface area contributed by atoms with Crippen molar-refractivity contribution in [2.24, 2.45) is 0 Å². The number of carbonyl (C=O) groups excluding carboxylic acids is 2. The fourth-order valence-corrected chi connectivity index (χ4v) is 3.76. The van der Waals surface area contributed by atoms with Gasteiger partial charge in [0, 0.05) is 16.3 Å². The van der Waals surface area contributed by atoms with Crippen molar-refractivity contribution in [3.05, 3.63) is 113 Å². The highest BCUT2D eigenvalue weighted by Crippen LogP contribution is 2.19. The molecule has 1 atom stereocenters. The molecule has 32 heavy (non-hydrogen) atoms. The largest absolute Gasteiger partial charge is 0.378 e. The first-order valence-electron chi connectivity index (χ1n) is 10.4. The lowest BCUT2D eigenvalue weighted by molar-refractivity contribution is -0.119. The molecule has 0 fully saturated rings. The third-order valence-corrected chi connectivity index (χ3v) is 5.57. The Kier molecular flexibility index (Phi) is 6.83. The fourth-order valence-electron chi connectivity index (χ4n) is 3.63. The van der Waals surface area contributed by atoms with Crippen LogP contribution < -0.4 is 10.6 Å². The van der Waals surface area contributed by atoms with Crippen LogP contribution in [-0.4, -0.2) is 24.3 Å². The maximum atomic E-state index is 13.2. The lowest BCUT2D eigenvalue weighted by Gasteiger charge is -2.19. The molecule has 0 spiro atoms. The van der Waals surface area contributed by atoms with Crippen LogP contribution in [-0.2, 0) is 11.2 Å². The maximum Gasteiger partial charge on any atom is 0.252 e. The van der Waals surface area contributed by atoms with Gasteiger partial charge in [-0.25, -0.2) is 0 Å². The van der Waals surface area contributed by atoms with Gasteiger partial charge in [0.2, 0.25) is 0 Å². The highest BCUT2D eigenvalue weighted by molar-refractivity contribution is 6.30. The van der Waals surface area contributed by atoms with Gasteiger partial charge in [0.25, 0.3) is 5.91 Å². The SMILES string of the molecule is O=C(N[C@H](Cc1ccc(Cl)cc1)C(=O)CNc1ccccc1)c1cccc2ccccc12. The van der Waals surface area contributed by atoms with Crippen LogP contribution >= 0.6 is 11.6 Å². The van der Waals surface area contributed by atoms with Gasteiger partial charge in [0.15, 0.2) is 5.78 Å². The number of nitrogens with one attached hydrogen (secondary N) is 2. The zero-order valence-corrected chi connectivity index (χ0v) is 18.2. The van der Waals surface area contributed by atoms with Gasteiger partial charge in [-0.1, -0.05) is 78.3 Å². The molecule has 0 aromatic heterocycles. The number of amides is 1. The van der Waals surface area contributed by atoms with E-state index in [4.69, 9.17) is 11.6 Å². The minimum Gasteiger partial charge on any atom is -0.378 e. The molecule has 0 saturated heterocycles. The van der Waals surface area contributed by atoms with Crippen LogP contribution in [0.1, 0.15) is 15.9 Å². The smallest absolute Gasteiger partial charge is 0.252 e. The lowest BCUT2D eigenvalue weighted by atomic mass is 10.00. The van der Waals surface area contributed by atoms with Crippen LogP contribution in [0.15, 0.2) is 97.1 Å². The van der Waals surface area contributed by atoms with Gasteiger partial charge in [-0.05, 0) is 53.1 Å². The standard InChI is InChI=1S/C27H23ClN2O2/c28-21-15-13-19(14-16-21)17-25(26(31)18-29-22-9-2-1-3-10-22)30-27(32)24-12-6-8-20-7-4-5-11-23(20)24/h1-16,25,29H,17-18H2,(H,30,32)/t25-/m1/s1. The van der Waals surface area contributed by atoms with Crippen molar-refractivity contribution in [2.75, 3.05) is 11.9 Å². The highest BCUT2D eigenvalue weighted by Gasteiger charge is 2.22. The van der Waals surface area contributed by atoms with Gasteiger partial charge in [0.05, 0.1) is 12.6 Å². The molecule has 4 aromatic carbocycles. The van der Waals surface area contributed by atoms with Crippen LogP contribution in [0, 0.1) is 0 Å². The molecule has 0 heterocycles. The van der Waals surface area contributed by atoms with E-state index in [1.807, 2.05) is 78.9 Å². The number of carbonyl (C=O) groups is 2. The number of Topliss-reactive ketones (excluding diaryl/α,β-unsaturated/α-hetero) is 1. The molecule has 1 amide bonds. The molecule has 0 saturated carbocycles.